The summed E-state index contributed by atoms with van der Waals surface area (Å²) in [5.41, 5.74) is 2.18. The predicted octanol–water partition coefficient (Wildman–Crippen LogP) is 1.78. The van der Waals surface area contributed by atoms with Gasteiger partial charge in [0.25, 0.3) is 5.91 Å². The van der Waals surface area contributed by atoms with Crippen LogP contribution in [0, 0.1) is 0 Å². The van der Waals surface area contributed by atoms with E-state index >= 15 is 0 Å². The maximum atomic E-state index is 12.7. The molecule has 1 amide bonds. The minimum atomic E-state index is -0.950. The van der Waals surface area contributed by atoms with Crippen molar-refractivity contribution in [2.24, 2.45) is 0 Å². The predicted molar refractivity (Wildman–Crippen MR) is 109 cm³/mol. The van der Waals surface area contributed by atoms with E-state index in [4.69, 9.17) is 9.84 Å². The molecule has 4 rings (SSSR count). The van der Waals surface area contributed by atoms with Crippen LogP contribution in [0.15, 0.2) is 67.0 Å². The number of hydrogen-bond acceptors (Lipinski definition) is 7. The summed E-state index contributed by atoms with van der Waals surface area (Å²) in [7, 11) is 0. The van der Waals surface area contributed by atoms with Crippen LogP contribution in [-0.2, 0) is 0 Å². The molecule has 152 valence electrons. The van der Waals surface area contributed by atoms with E-state index in [9.17, 15) is 9.90 Å². The second kappa shape index (κ2) is 8.68. The van der Waals surface area contributed by atoms with E-state index in [-0.39, 0.29) is 24.8 Å². The van der Waals surface area contributed by atoms with Gasteiger partial charge >= 0.3 is 0 Å². The van der Waals surface area contributed by atoms with Crippen molar-refractivity contribution in [1.82, 2.24) is 19.6 Å². The number of fused-ring (bicyclic) bond motifs is 1. The Hall–Kier alpha value is -3.82. The van der Waals surface area contributed by atoms with Gasteiger partial charge in [0.15, 0.2) is 11.3 Å². The molecule has 0 aliphatic heterocycles. The molecule has 0 aliphatic rings. The molecule has 1 unspecified atom stereocenters. The molecule has 0 fully saturated rings. The summed E-state index contributed by atoms with van der Waals surface area (Å²) in [6, 6.07) is 16.0. The fraction of sp³-hybridized carbons (Fsp3) is 0.143. The number of hydrogen-bond donors (Lipinski definition) is 3. The number of pyridine rings is 1. The fourth-order valence-electron chi connectivity index (χ4n) is 2.79. The average molecular weight is 405 g/mol. The van der Waals surface area contributed by atoms with Crippen LogP contribution in [0.5, 0.6) is 5.75 Å². The lowest BCUT2D eigenvalue weighted by Gasteiger charge is -2.11. The Morgan fingerprint density at radius 2 is 2.03 bits per heavy atom. The molecule has 3 N–H and O–H groups in total. The highest BCUT2D eigenvalue weighted by Gasteiger charge is 2.15. The summed E-state index contributed by atoms with van der Waals surface area (Å²) in [5, 5.41) is 25.6. The lowest BCUT2D eigenvalue weighted by molar-refractivity contribution is 0.0536. The van der Waals surface area contributed by atoms with Crippen LogP contribution in [0.1, 0.15) is 10.5 Å². The first-order valence-corrected chi connectivity index (χ1v) is 9.23. The van der Waals surface area contributed by atoms with Gasteiger partial charge in [0.1, 0.15) is 24.3 Å². The SMILES string of the molecule is O=C(Nc1ccccn1)c1cnc2ccc(-c3cccc(OCC(O)CO)c3)nn12. The number of imidazole rings is 1. The molecule has 1 aromatic carbocycles. The summed E-state index contributed by atoms with van der Waals surface area (Å²) in [6.07, 6.45) is 2.10. The lowest BCUT2D eigenvalue weighted by atomic mass is 10.1. The smallest absolute Gasteiger partial charge is 0.277 e. The number of amides is 1. The molecule has 0 aliphatic carbocycles. The Morgan fingerprint density at radius 1 is 1.13 bits per heavy atom. The topological polar surface area (TPSA) is 122 Å². The molecule has 9 nitrogen and oxygen atoms in total. The van der Waals surface area contributed by atoms with E-state index in [0.717, 1.165) is 5.56 Å². The van der Waals surface area contributed by atoms with Crippen molar-refractivity contribution < 1.29 is 19.7 Å². The van der Waals surface area contributed by atoms with Crippen molar-refractivity contribution in [2.45, 2.75) is 6.10 Å². The Bertz CT molecular complexity index is 1160. The molecule has 1 atom stereocenters. The monoisotopic (exact) mass is 405 g/mol. The highest BCUT2D eigenvalue weighted by Crippen LogP contribution is 2.23. The Labute approximate surface area is 171 Å². The number of benzene rings is 1. The van der Waals surface area contributed by atoms with E-state index in [2.05, 4.69) is 20.4 Å². The molecule has 3 aromatic heterocycles. The number of carbonyl (C=O) groups is 1. The largest absolute Gasteiger partial charge is 0.491 e. The van der Waals surface area contributed by atoms with Gasteiger partial charge in [-0.2, -0.15) is 5.10 Å². The Morgan fingerprint density at radius 3 is 2.83 bits per heavy atom. The normalized spacial score (nSPS) is 11.9. The van der Waals surface area contributed by atoms with Crippen LogP contribution in [0.4, 0.5) is 5.82 Å². The summed E-state index contributed by atoms with van der Waals surface area (Å²) in [6.45, 7) is -0.395. The quantitative estimate of drug-likeness (QED) is 0.428. The van der Waals surface area contributed by atoms with Gasteiger partial charge in [-0.1, -0.05) is 18.2 Å². The van der Waals surface area contributed by atoms with Crippen molar-refractivity contribution in [1.29, 1.82) is 0 Å². The number of nitrogens with one attached hydrogen (secondary N) is 1. The maximum Gasteiger partial charge on any atom is 0.277 e. The average Bonchev–Trinajstić information content (AvgIpc) is 3.22. The first-order chi connectivity index (χ1) is 14.6. The molecular weight excluding hydrogens is 386 g/mol. The Balaban J connectivity index is 1.60. The minimum absolute atomic E-state index is 0.0220. The molecule has 30 heavy (non-hydrogen) atoms. The third kappa shape index (κ3) is 4.27. The van der Waals surface area contributed by atoms with Gasteiger partial charge in [-0.15, -0.1) is 0 Å². The van der Waals surface area contributed by atoms with Gasteiger partial charge in [-0.3, -0.25) is 4.79 Å². The molecule has 0 spiro atoms. The summed E-state index contributed by atoms with van der Waals surface area (Å²) in [4.78, 5) is 21.0. The van der Waals surface area contributed by atoms with Gasteiger partial charge in [0.2, 0.25) is 0 Å². The van der Waals surface area contributed by atoms with E-state index in [1.807, 2.05) is 6.07 Å². The zero-order valence-corrected chi connectivity index (χ0v) is 15.8. The van der Waals surface area contributed by atoms with E-state index in [0.29, 0.717) is 22.9 Å². The number of nitrogens with zero attached hydrogens (tertiary/aromatic N) is 4. The second-order valence-electron chi connectivity index (χ2n) is 6.48. The van der Waals surface area contributed by atoms with Crippen molar-refractivity contribution in [3.63, 3.8) is 0 Å². The number of aliphatic hydroxyl groups is 2. The number of carbonyl (C=O) groups excluding carboxylic acids is 1. The van der Waals surface area contributed by atoms with Crippen LogP contribution >= 0.6 is 0 Å². The minimum Gasteiger partial charge on any atom is -0.491 e. The van der Waals surface area contributed by atoms with Crippen LogP contribution in [0.2, 0.25) is 0 Å². The first-order valence-electron chi connectivity index (χ1n) is 9.23. The summed E-state index contributed by atoms with van der Waals surface area (Å²) >= 11 is 0. The third-order valence-corrected chi connectivity index (χ3v) is 4.28. The van der Waals surface area contributed by atoms with Gasteiger partial charge in [0, 0.05) is 11.8 Å². The highest BCUT2D eigenvalue weighted by molar-refractivity contribution is 6.02. The zero-order chi connectivity index (χ0) is 20.9. The fourth-order valence-corrected chi connectivity index (χ4v) is 2.79. The standard InChI is InChI=1S/C21H19N5O4/c27-12-15(28)13-30-16-5-3-4-14(10-16)17-7-8-20-23-11-18(26(20)25-17)21(29)24-19-6-1-2-9-22-19/h1-11,15,27-28H,12-13H2,(H,22,24,29). The van der Waals surface area contributed by atoms with Crippen LogP contribution in [0.25, 0.3) is 16.9 Å². The van der Waals surface area contributed by atoms with E-state index < -0.39 is 6.10 Å². The molecule has 0 bridgehead atoms. The molecular formula is C21H19N5O4. The van der Waals surface area contributed by atoms with E-state index in [1.165, 1.54) is 10.7 Å². The number of aliphatic hydroxyl groups excluding tert-OH is 2. The van der Waals surface area contributed by atoms with Crippen LogP contribution in [0.3, 0.4) is 0 Å². The van der Waals surface area contributed by atoms with Crippen molar-refractivity contribution >= 4 is 17.4 Å². The van der Waals surface area contributed by atoms with Gasteiger partial charge < -0.3 is 20.3 Å². The second-order valence-corrected chi connectivity index (χ2v) is 6.48. The molecule has 3 heterocycles. The van der Waals surface area contributed by atoms with Crippen molar-refractivity contribution in [2.75, 3.05) is 18.5 Å². The highest BCUT2D eigenvalue weighted by atomic mass is 16.5. The maximum absolute atomic E-state index is 12.7. The van der Waals surface area contributed by atoms with Crippen LogP contribution in [-0.4, -0.2) is 55.0 Å². The third-order valence-electron chi connectivity index (χ3n) is 4.28. The zero-order valence-electron chi connectivity index (χ0n) is 15.8. The van der Waals surface area contributed by atoms with Gasteiger partial charge in [-0.25, -0.2) is 14.5 Å². The van der Waals surface area contributed by atoms with Gasteiger partial charge in [0.05, 0.1) is 18.5 Å². The first kappa shape index (κ1) is 19.5. The van der Waals surface area contributed by atoms with Crippen molar-refractivity contribution in [3.8, 4) is 17.0 Å². The number of anilines is 1. The number of ether oxygens (including phenoxy) is 1. The lowest BCUT2D eigenvalue weighted by Crippen LogP contribution is -2.21. The molecule has 9 heteroatoms. The molecule has 0 saturated heterocycles. The summed E-state index contributed by atoms with van der Waals surface area (Å²) < 4.78 is 6.96. The number of rotatable bonds is 7. The number of aromatic nitrogens is 4. The van der Waals surface area contributed by atoms with E-state index in [1.54, 1.807) is 54.7 Å². The molecule has 0 radical (unpaired) electrons. The Kier molecular flexibility index (Phi) is 5.64. The summed E-state index contributed by atoms with van der Waals surface area (Å²) in [5.74, 6) is 0.588. The van der Waals surface area contributed by atoms with Gasteiger partial charge in [-0.05, 0) is 36.4 Å². The molecule has 0 saturated carbocycles. The van der Waals surface area contributed by atoms with Crippen molar-refractivity contribution in [3.05, 3.63) is 72.7 Å². The molecule has 4 aromatic rings. The van der Waals surface area contributed by atoms with Crippen LogP contribution < -0.4 is 10.1 Å².